The van der Waals surface area contributed by atoms with Crippen molar-refractivity contribution in [1.82, 2.24) is 37.2 Å². The summed E-state index contributed by atoms with van der Waals surface area (Å²) in [4.78, 5) is 0. The van der Waals surface area contributed by atoms with E-state index in [0.29, 0.717) is 0 Å². The highest BCUT2D eigenvalue weighted by Gasteiger charge is 2.32. The summed E-state index contributed by atoms with van der Waals surface area (Å²) in [6.07, 6.45) is 0. The molecule has 176 valence electrons. The second-order valence-corrected chi connectivity index (χ2v) is 9.24. The molecule has 2 bridgehead atoms. The van der Waals surface area contributed by atoms with E-state index in [2.05, 4.69) is 56.3 Å². The lowest BCUT2D eigenvalue weighted by atomic mass is 9.95. The van der Waals surface area contributed by atoms with Gasteiger partial charge in [0.1, 0.15) is 0 Å². The zero-order valence-electron chi connectivity index (χ0n) is 19.0. The number of nitrogen functional groups attached to an aromatic ring is 1. The molecule has 0 spiro atoms. The van der Waals surface area contributed by atoms with Crippen LogP contribution in [0.5, 0.6) is 0 Å². The molecule has 9 heteroatoms. The van der Waals surface area contributed by atoms with Crippen LogP contribution in [0.1, 0.15) is 18.5 Å². The molecular weight excluding hydrogens is 390 g/mol. The molecule has 1 unspecified atom stereocenters. The smallest absolute Gasteiger partial charge is 0.0563 e. The maximum atomic E-state index is 6.67. The van der Waals surface area contributed by atoms with Gasteiger partial charge in [0.15, 0.2) is 0 Å². The number of hydrogen-bond donors (Lipinski definition) is 9. The minimum Gasteiger partial charge on any atom is -0.399 e. The average molecular weight is 434 g/mol. The summed E-state index contributed by atoms with van der Waals surface area (Å²) < 4.78 is 0. The maximum Gasteiger partial charge on any atom is 0.0563 e. The predicted molar refractivity (Wildman–Crippen MR) is 129 cm³/mol. The molecule has 11 N–H and O–H groups in total. The Morgan fingerprint density at radius 1 is 0.710 bits per heavy atom. The van der Waals surface area contributed by atoms with E-state index < -0.39 is 0 Å². The first-order valence-corrected chi connectivity index (χ1v) is 11.7. The van der Waals surface area contributed by atoms with Crippen molar-refractivity contribution in [1.29, 1.82) is 0 Å². The molecule has 3 saturated heterocycles. The van der Waals surface area contributed by atoms with Gasteiger partial charge in [0.2, 0.25) is 0 Å². The zero-order valence-corrected chi connectivity index (χ0v) is 19.0. The monoisotopic (exact) mass is 433 g/mol. The summed E-state index contributed by atoms with van der Waals surface area (Å²) in [5.41, 5.74) is 14.2. The molecular formula is C22H43N9. The molecule has 3 fully saturated rings. The molecule has 1 aromatic carbocycles. The molecule has 0 saturated carbocycles. The maximum absolute atomic E-state index is 6.67. The lowest BCUT2D eigenvalue weighted by Crippen LogP contribution is -2.66. The van der Waals surface area contributed by atoms with Gasteiger partial charge in [-0.15, -0.1) is 0 Å². The molecule has 3 heterocycles. The second kappa shape index (κ2) is 12.1. The minimum atomic E-state index is -0.298. The minimum absolute atomic E-state index is 0.132. The van der Waals surface area contributed by atoms with Crippen LogP contribution in [-0.2, 0) is 0 Å². The van der Waals surface area contributed by atoms with Crippen LogP contribution in [0.3, 0.4) is 0 Å². The van der Waals surface area contributed by atoms with Crippen molar-refractivity contribution in [3.63, 3.8) is 0 Å². The number of benzene rings is 1. The molecule has 0 radical (unpaired) electrons. The Kier molecular flexibility index (Phi) is 9.48. The van der Waals surface area contributed by atoms with Crippen LogP contribution in [0, 0.1) is 0 Å². The van der Waals surface area contributed by atoms with Crippen LogP contribution in [0.4, 0.5) is 5.69 Å². The predicted octanol–water partition coefficient (Wildman–Crippen LogP) is -2.08. The zero-order chi connectivity index (χ0) is 22.0. The first-order chi connectivity index (χ1) is 15.0. The topological polar surface area (TPSA) is 136 Å². The van der Waals surface area contributed by atoms with Crippen molar-refractivity contribution in [2.45, 2.75) is 24.0 Å². The number of fused-ring (bicyclic) bond motifs is 15. The number of anilines is 1. The van der Waals surface area contributed by atoms with Crippen molar-refractivity contribution in [2.75, 3.05) is 84.3 Å². The van der Waals surface area contributed by atoms with E-state index in [9.17, 15) is 0 Å². The molecule has 3 aliphatic heterocycles. The molecule has 1 atom stereocenters. The Bertz CT molecular complexity index is 593. The molecule has 3 aliphatic rings. The van der Waals surface area contributed by atoms with E-state index >= 15 is 0 Å². The molecule has 0 aliphatic carbocycles. The average Bonchev–Trinajstić information content (AvgIpc) is 2.75. The molecule has 0 amide bonds. The van der Waals surface area contributed by atoms with Gasteiger partial charge in [-0.1, -0.05) is 12.1 Å². The number of rotatable bonds is 3. The van der Waals surface area contributed by atoms with Crippen molar-refractivity contribution < 1.29 is 0 Å². The summed E-state index contributed by atoms with van der Waals surface area (Å²) in [5.74, 6) is 0. The van der Waals surface area contributed by atoms with Gasteiger partial charge in [-0.2, -0.15) is 0 Å². The highest BCUT2D eigenvalue weighted by atomic mass is 15.2. The Morgan fingerprint density at radius 2 is 1.10 bits per heavy atom. The lowest BCUT2D eigenvalue weighted by Gasteiger charge is -2.39. The van der Waals surface area contributed by atoms with Crippen molar-refractivity contribution >= 4 is 5.69 Å². The Labute approximate surface area is 187 Å². The fourth-order valence-electron chi connectivity index (χ4n) is 4.38. The Morgan fingerprint density at radius 3 is 1.52 bits per heavy atom. The summed E-state index contributed by atoms with van der Waals surface area (Å²) in [6, 6.07) is 8.38. The van der Waals surface area contributed by atoms with Crippen LogP contribution in [0.25, 0.3) is 0 Å². The quantitative estimate of drug-likeness (QED) is 0.246. The van der Waals surface area contributed by atoms with Gasteiger partial charge in [0, 0.05) is 90.3 Å². The molecule has 31 heavy (non-hydrogen) atoms. The second-order valence-electron chi connectivity index (χ2n) is 9.24. The normalized spacial score (nSPS) is 30.9. The van der Waals surface area contributed by atoms with Gasteiger partial charge in [-0.25, -0.2) is 0 Å². The van der Waals surface area contributed by atoms with Crippen molar-refractivity contribution in [3.8, 4) is 0 Å². The lowest BCUT2D eigenvalue weighted by molar-refractivity contribution is 0.251. The standard InChI is InChI=1S/C22H43N9/c1-18(19-2-4-20(23)5-3-19)31-22-15-28-9-6-25-12-21(24,13-26-7-10-29-16-22)14-27-8-11-30-17-22/h2-5,18,25-31H,6-17,23-24H2,1H3. The van der Waals surface area contributed by atoms with Crippen LogP contribution in [0.2, 0.25) is 0 Å². The van der Waals surface area contributed by atoms with Gasteiger partial charge in [0.25, 0.3) is 0 Å². The Balaban J connectivity index is 1.75. The molecule has 9 nitrogen and oxygen atoms in total. The van der Waals surface area contributed by atoms with Gasteiger partial charge in [0.05, 0.1) is 11.1 Å². The van der Waals surface area contributed by atoms with E-state index in [1.807, 2.05) is 12.1 Å². The summed E-state index contributed by atoms with van der Waals surface area (Å²) in [5, 5.41) is 25.6. The highest BCUT2D eigenvalue weighted by molar-refractivity contribution is 5.40. The first-order valence-electron chi connectivity index (χ1n) is 11.7. The summed E-state index contributed by atoms with van der Waals surface area (Å²) in [7, 11) is 0. The van der Waals surface area contributed by atoms with Gasteiger partial charge < -0.3 is 48.7 Å². The Hall–Kier alpha value is -1.30. The van der Waals surface area contributed by atoms with E-state index in [1.165, 1.54) is 5.56 Å². The number of hydrogen-bond acceptors (Lipinski definition) is 9. The summed E-state index contributed by atoms with van der Waals surface area (Å²) >= 11 is 0. The third-order valence-corrected chi connectivity index (χ3v) is 6.22. The number of nitrogens with two attached hydrogens (primary N) is 2. The van der Waals surface area contributed by atoms with Crippen LogP contribution in [0.15, 0.2) is 24.3 Å². The van der Waals surface area contributed by atoms with E-state index in [0.717, 1.165) is 84.2 Å². The molecule has 1 aromatic rings. The van der Waals surface area contributed by atoms with Crippen LogP contribution in [-0.4, -0.2) is 89.6 Å². The van der Waals surface area contributed by atoms with Crippen LogP contribution >= 0.6 is 0 Å². The molecule has 0 aromatic heterocycles. The van der Waals surface area contributed by atoms with E-state index in [1.54, 1.807) is 0 Å². The van der Waals surface area contributed by atoms with E-state index in [4.69, 9.17) is 11.5 Å². The molecule has 4 rings (SSSR count). The first kappa shape index (κ1) is 24.3. The van der Waals surface area contributed by atoms with Crippen molar-refractivity contribution in [2.24, 2.45) is 5.73 Å². The SMILES string of the molecule is CC(NC12CNCCNCC(N)(CNCCNC1)CNCCNC2)c1ccc(N)cc1. The van der Waals surface area contributed by atoms with Gasteiger partial charge >= 0.3 is 0 Å². The fourth-order valence-corrected chi connectivity index (χ4v) is 4.38. The third-order valence-electron chi connectivity index (χ3n) is 6.22. The van der Waals surface area contributed by atoms with Crippen LogP contribution < -0.4 is 48.7 Å². The third kappa shape index (κ3) is 7.96. The fraction of sp³-hybridized carbons (Fsp3) is 0.727. The summed E-state index contributed by atoms with van der Waals surface area (Å²) in [6.45, 7) is 12.5. The largest absolute Gasteiger partial charge is 0.399 e. The highest BCUT2D eigenvalue weighted by Crippen LogP contribution is 2.18. The van der Waals surface area contributed by atoms with E-state index in [-0.39, 0.29) is 17.1 Å². The number of nitrogens with one attached hydrogen (secondary N) is 7. The van der Waals surface area contributed by atoms with Crippen molar-refractivity contribution in [3.05, 3.63) is 29.8 Å². The van der Waals surface area contributed by atoms with Gasteiger partial charge in [-0.05, 0) is 24.6 Å². The van der Waals surface area contributed by atoms with Gasteiger partial charge in [-0.3, -0.25) is 0 Å².